The monoisotopic (exact) mass is 185 g/mol. The fourth-order valence-electron chi connectivity index (χ4n) is 1.97. The van der Waals surface area contributed by atoms with Gasteiger partial charge in [-0.1, -0.05) is 26.7 Å². The number of hydroxylamine groups is 1. The summed E-state index contributed by atoms with van der Waals surface area (Å²) in [5, 5.41) is 0. The molecule has 0 aliphatic heterocycles. The standard InChI is InChI=1S/C11H23NO/c1-8(2)13-12-11-7-5-6-9(3)10(11)4/h8-12H,5-7H2,1-4H3. The number of hydrogen-bond acceptors (Lipinski definition) is 2. The van der Waals surface area contributed by atoms with Crippen molar-refractivity contribution in [2.24, 2.45) is 11.8 Å². The minimum atomic E-state index is 0.282. The first kappa shape index (κ1) is 11.0. The van der Waals surface area contributed by atoms with Crippen LogP contribution in [-0.2, 0) is 4.84 Å². The summed E-state index contributed by atoms with van der Waals surface area (Å²) in [6.45, 7) is 8.78. The van der Waals surface area contributed by atoms with Crippen molar-refractivity contribution in [3.63, 3.8) is 0 Å². The van der Waals surface area contributed by atoms with Crippen molar-refractivity contribution in [2.45, 2.75) is 59.1 Å². The maximum atomic E-state index is 5.45. The largest absolute Gasteiger partial charge is 0.299 e. The Morgan fingerprint density at radius 3 is 2.54 bits per heavy atom. The van der Waals surface area contributed by atoms with Gasteiger partial charge >= 0.3 is 0 Å². The molecular formula is C11H23NO. The van der Waals surface area contributed by atoms with Crippen molar-refractivity contribution in [2.75, 3.05) is 0 Å². The highest BCUT2D eigenvalue weighted by atomic mass is 16.7. The molecule has 1 rings (SSSR count). The lowest BCUT2D eigenvalue weighted by atomic mass is 9.78. The number of rotatable bonds is 3. The summed E-state index contributed by atoms with van der Waals surface area (Å²) < 4.78 is 0. The molecule has 13 heavy (non-hydrogen) atoms. The number of nitrogens with one attached hydrogen (secondary N) is 1. The van der Waals surface area contributed by atoms with E-state index in [1.165, 1.54) is 19.3 Å². The highest BCUT2D eigenvalue weighted by molar-refractivity contribution is 4.80. The molecule has 3 atom stereocenters. The van der Waals surface area contributed by atoms with Gasteiger partial charge in [0.1, 0.15) is 0 Å². The second-order valence-electron chi connectivity index (χ2n) is 4.66. The van der Waals surface area contributed by atoms with Crippen molar-refractivity contribution in [1.29, 1.82) is 0 Å². The first-order chi connectivity index (χ1) is 6.11. The molecule has 1 N–H and O–H groups in total. The average molecular weight is 185 g/mol. The highest BCUT2D eigenvalue weighted by Gasteiger charge is 2.27. The smallest absolute Gasteiger partial charge is 0.0734 e. The average Bonchev–Trinajstić information content (AvgIpc) is 2.07. The fourth-order valence-corrected chi connectivity index (χ4v) is 1.97. The third kappa shape index (κ3) is 3.28. The van der Waals surface area contributed by atoms with E-state index in [1.807, 2.05) is 0 Å². The van der Waals surface area contributed by atoms with E-state index in [4.69, 9.17) is 4.84 Å². The van der Waals surface area contributed by atoms with Crippen LogP contribution in [-0.4, -0.2) is 12.1 Å². The molecule has 0 saturated heterocycles. The molecule has 1 aliphatic carbocycles. The van der Waals surface area contributed by atoms with Crippen LogP contribution in [0.2, 0.25) is 0 Å². The molecule has 0 aromatic carbocycles. The summed E-state index contributed by atoms with van der Waals surface area (Å²) in [4.78, 5) is 5.45. The van der Waals surface area contributed by atoms with E-state index in [0.717, 1.165) is 11.8 Å². The Balaban J connectivity index is 2.31. The third-order valence-corrected chi connectivity index (χ3v) is 3.16. The SMILES string of the molecule is CC(C)ONC1CCCC(C)C1C. The predicted octanol–water partition coefficient (Wildman–Crippen LogP) is 2.74. The molecule has 0 spiro atoms. The molecule has 1 fully saturated rings. The Kier molecular flexibility index (Phi) is 4.20. The van der Waals surface area contributed by atoms with Gasteiger partial charge in [-0.3, -0.25) is 4.84 Å². The normalized spacial score (nSPS) is 35.3. The molecule has 1 aliphatic rings. The minimum Gasteiger partial charge on any atom is -0.299 e. The molecule has 3 unspecified atom stereocenters. The van der Waals surface area contributed by atoms with E-state index in [1.54, 1.807) is 0 Å². The Hall–Kier alpha value is -0.0800. The maximum Gasteiger partial charge on any atom is 0.0734 e. The molecule has 0 radical (unpaired) electrons. The summed E-state index contributed by atoms with van der Waals surface area (Å²) in [5.74, 6) is 1.58. The molecule has 0 aromatic heterocycles. The number of hydrogen-bond donors (Lipinski definition) is 1. The second kappa shape index (κ2) is 4.97. The topological polar surface area (TPSA) is 21.3 Å². The molecule has 0 aromatic rings. The summed E-state index contributed by atoms with van der Waals surface area (Å²) >= 11 is 0. The zero-order chi connectivity index (χ0) is 9.84. The predicted molar refractivity (Wildman–Crippen MR) is 55.3 cm³/mol. The summed E-state index contributed by atoms with van der Waals surface area (Å²) in [6, 6.07) is 0.561. The van der Waals surface area contributed by atoms with E-state index in [0.29, 0.717) is 6.04 Å². The van der Waals surface area contributed by atoms with Gasteiger partial charge < -0.3 is 0 Å². The van der Waals surface area contributed by atoms with Crippen LogP contribution in [0, 0.1) is 11.8 Å². The van der Waals surface area contributed by atoms with Gasteiger partial charge in [-0.15, -0.1) is 0 Å². The van der Waals surface area contributed by atoms with Crippen LogP contribution in [0.4, 0.5) is 0 Å². The van der Waals surface area contributed by atoms with Crippen LogP contribution >= 0.6 is 0 Å². The summed E-state index contributed by atoms with van der Waals surface area (Å²) in [7, 11) is 0. The van der Waals surface area contributed by atoms with Crippen LogP contribution in [0.25, 0.3) is 0 Å². The Morgan fingerprint density at radius 2 is 1.92 bits per heavy atom. The molecule has 0 amide bonds. The Morgan fingerprint density at radius 1 is 1.23 bits per heavy atom. The quantitative estimate of drug-likeness (QED) is 0.683. The molecule has 2 heteroatoms. The summed E-state index contributed by atoms with van der Waals surface area (Å²) in [5.41, 5.74) is 3.20. The van der Waals surface area contributed by atoms with E-state index >= 15 is 0 Å². The van der Waals surface area contributed by atoms with Gasteiger partial charge in [0.25, 0.3) is 0 Å². The Labute approximate surface area is 82.0 Å². The lowest BCUT2D eigenvalue weighted by molar-refractivity contribution is -0.0493. The molecule has 0 bridgehead atoms. The van der Waals surface area contributed by atoms with Crippen molar-refractivity contribution >= 4 is 0 Å². The second-order valence-corrected chi connectivity index (χ2v) is 4.66. The maximum absolute atomic E-state index is 5.45. The molecule has 2 nitrogen and oxygen atoms in total. The minimum absolute atomic E-state index is 0.282. The summed E-state index contributed by atoms with van der Waals surface area (Å²) in [6.07, 6.45) is 4.26. The van der Waals surface area contributed by atoms with Crippen LogP contribution in [0.1, 0.15) is 47.0 Å². The van der Waals surface area contributed by atoms with Crippen molar-refractivity contribution in [3.8, 4) is 0 Å². The molecule has 78 valence electrons. The third-order valence-electron chi connectivity index (χ3n) is 3.16. The molecule has 1 saturated carbocycles. The lowest BCUT2D eigenvalue weighted by Gasteiger charge is -2.34. The fraction of sp³-hybridized carbons (Fsp3) is 1.00. The van der Waals surface area contributed by atoms with Crippen LogP contribution < -0.4 is 5.48 Å². The zero-order valence-corrected chi connectivity index (χ0v) is 9.34. The zero-order valence-electron chi connectivity index (χ0n) is 9.34. The van der Waals surface area contributed by atoms with Gasteiger partial charge in [-0.05, 0) is 32.1 Å². The van der Waals surface area contributed by atoms with E-state index < -0.39 is 0 Å². The van der Waals surface area contributed by atoms with E-state index in [-0.39, 0.29) is 6.10 Å². The van der Waals surface area contributed by atoms with Crippen LogP contribution in [0.5, 0.6) is 0 Å². The molecular weight excluding hydrogens is 162 g/mol. The first-order valence-corrected chi connectivity index (χ1v) is 5.52. The van der Waals surface area contributed by atoms with Crippen molar-refractivity contribution in [3.05, 3.63) is 0 Å². The Bertz CT molecular complexity index is 147. The van der Waals surface area contributed by atoms with Gasteiger partial charge in [0.2, 0.25) is 0 Å². The van der Waals surface area contributed by atoms with Crippen molar-refractivity contribution in [1.82, 2.24) is 5.48 Å². The first-order valence-electron chi connectivity index (χ1n) is 5.52. The van der Waals surface area contributed by atoms with E-state index in [9.17, 15) is 0 Å². The van der Waals surface area contributed by atoms with Crippen LogP contribution in [0.3, 0.4) is 0 Å². The van der Waals surface area contributed by atoms with Crippen LogP contribution in [0.15, 0.2) is 0 Å². The van der Waals surface area contributed by atoms with E-state index in [2.05, 4.69) is 33.2 Å². The van der Waals surface area contributed by atoms with Gasteiger partial charge in [0, 0.05) is 6.04 Å². The van der Waals surface area contributed by atoms with Gasteiger partial charge in [0.15, 0.2) is 0 Å². The lowest BCUT2D eigenvalue weighted by Crippen LogP contribution is -2.41. The van der Waals surface area contributed by atoms with Gasteiger partial charge in [0.05, 0.1) is 6.10 Å². The van der Waals surface area contributed by atoms with Crippen molar-refractivity contribution < 1.29 is 4.84 Å². The molecule has 0 heterocycles. The highest BCUT2D eigenvalue weighted by Crippen LogP contribution is 2.29. The van der Waals surface area contributed by atoms with Gasteiger partial charge in [-0.2, -0.15) is 5.48 Å². The van der Waals surface area contributed by atoms with Gasteiger partial charge in [-0.25, -0.2) is 0 Å².